The molecular formula is C10H13BrO2. The molecule has 0 bridgehead atoms. The van der Waals surface area contributed by atoms with E-state index in [0.717, 1.165) is 30.4 Å². The summed E-state index contributed by atoms with van der Waals surface area (Å²) in [6.07, 6.45) is 5.86. The maximum atomic E-state index is 9.61. The van der Waals surface area contributed by atoms with Gasteiger partial charge in [0.15, 0.2) is 4.67 Å². The molecule has 0 spiro atoms. The minimum Gasteiger partial charge on any atom is -0.457 e. The molecular weight excluding hydrogens is 232 g/mol. The van der Waals surface area contributed by atoms with Gasteiger partial charge in [-0.2, -0.15) is 0 Å². The van der Waals surface area contributed by atoms with E-state index in [1.807, 2.05) is 6.07 Å². The van der Waals surface area contributed by atoms with Crippen molar-refractivity contribution in [1.82, 2.24) is 0 Å². The molecule has 72 valence electrons. The summed E-state index contributed by atoms with van der Waals surface area (Å²) in [4.78, 5) is 0. The molecule has 1 heterocycles. The fraction of sp³-hybridized carbons (Fsp3) is 0.600. The maximum Gasteiger partial charge on any atom is 0.169 e. The first-order chi connectivity index (χ1) is 6.25. The second-order valence-electron chi connectivity index (χ2n) is 3.72. The Morgan fingerprint density at radius 1 is 1.54 bits per heavy atom. The molecule has 2 nitrogen and oxygen atoms in total. The predicted octanol–water partition coefficient (Wildman–Crippen LogP) is 2.75. The largest absolute Gasteiger partial charge is 0.457 e. The first kappa shape index (κ1) is 9.28. The molecule has 13 heavy (non-hydrogen) atoms. The van der Waals surface area contributed by atoms with Crippen molar-refractivity contribution in [3.05, 3.63) is 22.6 Å². The van der Waals surface area contributed by atoms with Gasteiger partial charge in [-0.05, 0) is 52.7 Å². The molecule has 1 aliphatic rings. The van der Waals surface area contributed by atoms with Crippen LogP contribution in [0.5, 0.6) is 0 Å². The van der Waals surface area contributed by atoms with Crippen LogP contribution in [0.25, 0.3) is 0 Å². The summed E-state index contributed by atoms with van der Waals surface area (Å²) in [7, 11) is 0. The quantitative estimate of drug-likeness (QED) is 0.869. The Hall–Kier alpha value is -0.280. The second kappa shape index (κ2) is 3.84. The Morgan fingerprint density at radius 3 is 2.92 bits per heavy atom. The molecule has 1 aromatic rings. The average molecular weight is 245 g/mol. The number of rotatable bonds is 2. The van der Waals surface area contributed by atoms with Crippen LogP contribution < -0.4 is 0 Å². The molecule has 3 heteroatoms. The molecule has 1 aromatic heterocycles. The lowest BCUT2D eigenvalue weighted by molar-refractivity contribution is 0.132. The molecule has 0 amide bonds. The number of hydrogen-bond donors (Lipinski definition) is 1. The molecule has 2 atom stereocenters. The number of hydrogen-bond acceptors (Lipinski definition) is 2. The fourth-order valence-electron chi connectivity index (χ4n) is 2.01. The SMILES string of the molecule is O[C@@H]1CCC[C@H]1Cc1coc(Br)c1. The summed E-state index contributed by atoms with van der Waals surface area (Å²) >= 11 is 3.27. The third kappa shape index (κ3) is 2.15. The average Bonchev–Trinajstić information content (AvgIpc) is 2.64. The van der Waals surface area contributed by atoms with Crippen LogP contribution in [-0.2, 0) is 6.42 Å². The van der Waals surface area contributed by atoms with Crippen molar-refractivity contribution in [1.29, 1.82) is 0 Å². The van der Waals surface area contributed by atoms with E-state index in [1.165, 1.54) is 5.56 Å². The molecule has 2 rings (SSSR count). The van der Waals surface area contributed by atoms with E-state index in [1.54, 1.807) is 6.26 Å². The lowest BCUT2D eigenvalue weighted by Crippen LogP contribution is -2.14. The number of halogens is 1. The lowest BCUT2D eigenvalue weighted by Gasteiger charge is -2.12. The minimum atomic E-state index is -0.103. The van der Waals surface area contributed by atoms with E-state index < -0.39 is 0 Å². The van der Waals surface area contributed by atoms with Gasteiger partial charge in [0.1, 0.15) is 0 Å². The van der Waals surface area contributed by atoms with Crippen LogP contribution in [0.1, 0.15) is 24.8 Å². The first-order valence-corrected chi connectivity index (χ1v) is 5.46. The van der Waals surface area contributed by atoms with Crippen LogP contribution in [0.4, 0.5) is 0 Å². The second-order valence-corrected chi connectivity index (χ2v) is 4.50. The van der Waals surface area contributed by atoms with Gasteiger partial charge in [0, 0.05) is 0 Å². The van der Waals surface area contributed by atoms with Crippen molar-refractivity contribution in [3.8, 4) is 0 Å². The number of furan rings is 1. The van der Waals surface area contributed by atoms with Crippen molar-refractivity contribution >= 4 is 15.9 Å². The van der Waals surface area contributed by atoms with Gasteiger partial charge in [-0.3, -0.25) is 0 Å². The van der Waals surface area contributed by atoms with Crippen molar-refractivity contribution < 1.29 is 9.52 Å². The zero-order valence-corrected chi connectivity index (χ0v) is 8.96. The lowest BCUT2D eigenvalue weighted by atomic mass is 9.98. The van der Waals surface area contributed by atoms with Crippen LogP contribution in [0.15, 0.2) is 21.4 Å². The third-order valence-electron chi connectivity index (χ3n) is 2.74. The molecule has 0 saturated heterocycles. The van der Waals surface area contributed by atoms with Gasteiger partial charge >= 0.3 is 0 Å². The Labute approximate surface area is 86.1 Å². The van der Waals surface area contributed by atoms with Gasteiger partial charge in [0.2, 0.25) is 0 Å². The Balaban J connectivity index is 1.97. The molecule has 1 aliphatic carbocycles. The number of aliphatic hydroxyl groups excluding tert-OH is 1. The van der Waals surface area contributed by atoms with Crippen molar-refractivity contribution in [2.24, 2.45) is 5.92 Å². The summed E-state index contributed by atoms with van der Waals surface area (Å²) in [6, 6.07) is 1.98. The molecule has 1 fully saturated rings. The van der Waals surface area contributed by atoms with Gasteiger partial charge < -0.3 is 9.52 Å². The third-order valence-corrected chi connectivity index (χ3v) is 3.15. The van der Waals surface area contributed by atoms with Crippen LogP contribution in [0.2, 0.25) is 0 Å². The zero-order chi connectivity index (χ0) is 9.26. The topological polar surface area (TPSA) is 33.4 Å². The van der Waals surface area contributed by atoms with Gasteiger partial charge in [-0.15, -0.1) is 0 Å². The highest BCUT2D eigenvalue weighted by molar-refractivity contribution is 9.10. The Morgan fingerprint density at radius 2 is 2.38 bits per heavy atom. The molecule has 0 unspecified atom stereocenters. The van der Waals surface area contributed by atoms with Crippen molar-refractivity contribution in [2.45, 2.75) is 31.8 Å². The van der Waals surface area contributed by atoms with E-state index in [0.29, 0.717) is 5.92 Å². The van der Waals surface area contributed by atoms with E-state index in [9.17, 15) is 5.11 Å². The van der Waals surface area contributed by atoms with E-state index in [4.69, 9.17) is 4.42 Å². The van der Waals surface area contributed by atoms with E-state index in [2.05, 4.69) is 15.9 Å². The van der Waals surface area contributed by atoms with Crippen LogP contribution in [0.3, 0.4) is 0 Å². The van der Waals surface area contributed by atoms with Crippen LogP contribution in [0, 0.1) is 5.92 Å². The smallest absolute Gasteiger partial charge is 0.169 e. The Kier molecular flexibility index (Phi) is 2.74. The molecule has 1 N–H and O–H groups in total. The molecule has 1 saturated carbocycles. The van der Waals surface area contributed by atoms with Gasteiger partial charge in [0.05, 0.1) is 12.4 Å². The predicted molar refractivity (Wildman–Crippen MR) is 53.5 cm³/mol. The zero-order valence-electron chi connectivity index (χ0n) is 7.37. The summed E-state index contributed by atoms with van der Waals surface area (Å²) in [6.45, 7) is 0. The standard InChI is InChI=1S/C10H13BrO2/c11-10-5-7(6-13-10)4-8-2-1-3-9(8)12/h5-6,8-9,12H,1-4H2/t8-,9+/m0/s1. The summed E-state index contributed by atoms with van der Waals surface area (Å²) in [5.74, 6) is 0.435. The van der Waals surface area contributed by atoms with Crippen molar-refractivity contribution in [3.63, 3.8) is 0 Å². The van der Waals surface area contributed by atoms with Gasteiger partial charge in [-0.25, -0.2) is 0 Å². The van der Waals surface area contributed by atoms with Gasteiger partial charge in [-0.1, -0.05) is 6.42 Å². The highest BCUT2D eigenvalue weighted by atomic mass is 79.9. The maximum absolute atomic E-state index is 9.61. The molecule has 0 aromatic carbocycles. The monoisotopic (exact) mass is 244 g/mol. The summed E-state index contributed by atoms with van der Waals surface area (Å²) < 4.78 is 5.92. The normalized spacial score (nSPS) is 28.2. The molecule has 0 aliphatic heterocycles. The van der Waals surface area contributed by atoms with E-state index in [-0.39, 0.29) is 6.10 Å². The fourth-order valence-corrected chi connectivity index (χ4v) is 2.40. The minimum absolute atomic E-state index is 0.103. The van der Waals surface area contributed by atoms with E-state index >= 15 is 0 Å². The first-order valence-electron chi connectivity index (χ1n) is 4.66. The van der Waals surface area contributed by atoms with Crippen molar-refractivity contribution in [2.75, 3.05) is 0 Å². The number of aliphatic hydroxyl groups is 1. The van der Waals surface area contributed by atoms with Crippen LogP contribution >= 0.6 is 15.9 Å². The molecule has 0 radical (unpaired) electrons. The summed E-state index contributed by atoms with van der Waals surface area (Å²) in [5, 5.41) is 9.61. The highest BCUT2D eigenvalue weighted by Gasteiger charge is 2.25. The summed E-state index contributed by atoms with van der Waals surface area (Å²) in [5.41, 5.74) is 1.18. The highest BCUT2D eigenvalue weighted by Crippen LogP contribution is 2.29. The van der Waals surface area contributed by atoms with Gasteiger partial charge in [0.25, 0.3) is 0 Å². The van der Waals surface area contributed by atoms with Crippen LogP contribution in [-0.4, -0.2) is 11.2 Å². The Bertz CT molecular complexity index is 282.